The van der Waals surface area contributed by atoms with Gasteiger partial charge in [0.2, 0.25) is 5.91 Å². The molecule has 2 amide bonds. The summed E-state index contributed by atoms with van der Waals surface area (Å²) in [6, 6.07) is 11.5. The highest BCUT2D eigenvalue weighted by Gasteiger charge is 2.57. The van der Waals surface area contributed by atoms with E-state index in [1.54, 1.807) is 19.1 Å². The topological polar surface area (TPSA) is 130 Å². The van der Waals surface area contributed by atoms with Gasteiger partial charge in [0.15, 0.2) is 0 Å². The molecule has 292 valence electrons. The molecule has 5 fully saturated rings. The Labute approximate surface area is 315 Å². The van der Waals surface area contributed by atoms with E-state index in [4.69, 9.17) is 9.57 Å². The van der Waals surface area contributed by atoms with Crippen LogP contribution in [0.25, 0.3) is 11.1 Å². The minimum Gasteiger partial charge on any atom is -0.496 e. The molecule has 7 rings (SSSR count). The first-order valence-electron chi connectivity index (χ1n) is 19.3. The zero-order chi connectivity index (χ0) is 38.5. The molecule has 5 aliphatic rings. The van der Waals surface area contributed by atoms with Crippen LogP contribution in [0.4, 0.5) is 5.69 Å². The van der Waals surface area contributed by atoms with E-state index in [0.717, 1.165) is 35.2 Å². The zero-order valence-electron chi connectivity index (χ0n) is 33.3. The third-order valence-corrected chi connectivity index (χ3v) is 13.5. The van der Waals surface area contributed by atoms with Crippen molar-refractivity contribution in [1.82, 2.24) is 25.7 Å². The van der Waals surface area contributed by atoms with Gasteiger partial charge in [0.25, 0.3) is 5.91 Å². The standard InChI is InChI=1S/C41H62N6O6/c1-23-14-31(46(9)45(23)8)20-42-39(50)28-15-27(16-30(17-28)44(6)7)32-13-11-12-26(38(32)52-10)21-47-37(36(25(3)49)35(22-48)53-47)40(51)43-34-19-29-18-33(24(34)2)41(29,4)5/h11-13,15-17,23-25,29,31,33-37,48-49H,14,18-22H2,1-10H3,(H,42,50)(H,43,51)/t23?,24-,25-,29+,31?,33-,34-,35-,36-,37-/m0/s1. The number of benzene rings is 2. The number of nitrogens with zero attached hydrogens (tertiary/aromatic N) is 4. The van der Waals surface area contributed by atoms with Crippen LogP contribution in [0.5, 0.6) is 5.75 Å². The summed E-state index contributed by atoms with van der Waals surface area (Å²) < 4.78 is 6.08. The van der Waals surface area contributed by atoms with Gasteiger partial charge in [-0.1, -0.05) is 39.0 Å². The van der Waals surface area contributed by atoms with E-state index in [0.29, 0.717) is 41.7 Å². The molecule has 3 saturated carbocycles. The van der Waals surface area contributed by atoms with Gasteiger partial charge in [-0.25, -0.2) is 10.0 Å². The van der Waals surface area contributed by atoms with Gasteiger partial charge in [-0.3, -0.25) is 14.4 Å². The Balaban J connectivity index is 1.26. The average molecular weight is 735 g/mol. The number of likely N-dealkylation sites (N-methyl/N-ethyl adjacent to an activating group) is 1. The van der Waals surface area contributed by atoms with Gasteiger partial charge in [-0.05, 0) is 80.0 Å². The molecule has 4 N–H and O–H groups in total. The molecule has 2 unspecified atom stereocenters. The van der Waals surface area contributed by atoms with Crippen molar-refractivity contribution in [2.24, 2.45) is 29.1 Å². The first kappa shape index (κ1) is 39.4. The zero-order valence-corrected chi connectivity index (χ0v) is 33.3. The Morgan fingerprint density at radius 2 is 1.83 bits per heavy atom. The maximum Gasteiger partial charge on any atom is 0.251 e. The SMILES string of the molecule is COc1c(CN2O[C@@H](CO)[C@H]([C@H](C)O)[C@H]2C(=O)N[C@H]2C[C@H]3C[C@@H]([C@@H]2C)C3(C)C)cccc1-c1cc(C(=O)NCC2CC(C)N(C)N2C)cc(N(C)C)c1. The molecule has 0 radical (unpaired) electrons. The monoisotopic (exact) mass is 734 g/mol. The number of carbonyl (C=O) groups excluding carboxylic acids is 2. The fourth-order valence-corrected chi connectivity index (χ4v) is 9.78. The Morgan fingerprint density at radius 3 is 2.42 bits per heavy atom. The number of methoxy groups -OCH3 is 1. The number of amides is 2. The second-order valence-corrected chi connectivity index (χ2v) is 17.0. The number of nitrogens with one attached hydrogen (secondary N) is 2. The van der Waals surface area contributed by atoms with Crippen LogP contribution in [0.1, 0.15) is 69.8 Å². The molecule has 2 aliphatic heterocycles. The molecule has 10 atom stereocenters. The van der Waals surface area contributed by atoms with Crippen molar-refractivity contribution >= 4 is 17.5 Å². The number of aliphatic hydroxyl groups excluding tert-OH is 2. The first-order valence-corrected chi connectivity index (χ1v) is 19.3. The number of anilines is 1. The molecule has 2 bridgehead atoms. The van der Waals surface area contributed by atoms with E-state index < -0.39 is 24.2 Å². The van der Waals surface area contributed by atoms with E-state index in [9.17, 15) is 19.8 Å². The van der Waals surface area contributed by atoms with E-state index in [1.807, 2.05) is 55.4 Å². The number of carbonyl (C=O) groups is 2. The van der Waals surface area contributed by atoms with Gasteiger partial charge in [-0.15, -0.1) is 0 Å². The summed E-state index contributed by atoms with van der Waals surface area (Å²) in [5.41, 5.74) is 4.07. The third kappa shape index (κ3) is 7.43. The number of para-hydroxylation sites is 1. The summed E-state index contributed by atoms with van der Waals surface area (Å²) in [6.45, 7) is 11.1. The van der Waals surface area contributed by atoms with Gasteiger partial charge < -0.3 is 30.5 Å². The van der Waals surface area contributed by atoms with Crippen molar-refractivity contribution in [3.63, 3.8) is 0 Å². The van der Waals surface area contributed by atoms with Crippen molar-refractivity contribution < 1.29 is 29.4 Å². The van der Waals surface area contributed by atoms with E-state index in [2.05, 4.69) is 62.4 Å². The minimum absolute atomic E-state index is 0.0427. The van der Waals surface area contributed by atoms with Crippen LogP contribution in [-0.2, 0) is 16.2 Å². The number of hydrogen-bond acceptors (Lipinski definition) is 10. The summed E-state index contributed by atoms with van der Waals surface area (Å²) in [5, 5.41) is 33.8. The van der Waals surface area contributed by atoms with Crippen LogP contribution in [-0.4, -0.2) is 122 Å². The fraction of sp³-hybridized carbons (Fsp3) is 0.659. The molecule has 3 aliphatic carbocycles. The molecular weight excluding hydrogens is 672 g/mol. The second-order valence-electron chi connectivity index (χ2n) is 17.0. The number of hydrogen-bond donors (Lipinski definition) is 4. The molecule has 2 aromatic carbocycles. The van der Waals surface area contributed by atoms with Crippen molar-refractivity contribution in [3.8, 4) is 16.9 Å². The lowest BCUT2D eigenvalue weighted by Gasteiger charge is -2.62. The number of hydroxylamine groups is 2. The molecular formula is C41H62N6O6. The van der Waals surface area contributed by atoms with Crippen LogP contribution >= 0.6 is 0 Å². The predicted octanol–water partition coefficient (Wildman–Crippen LogP) is 3.76. The second kappa shape index (κ2) is 15.5. The van der Waals surface area contributed by atoms with Crippen molar-refractivity contribution in [3.05, 3.63) is 47.5 Å². The van der Waals surface area contributed by atoms with Crippen molar-refractivity contribution in [2.75, 3.05) is 53.4 Å². The Kier molecular flexibility index (Phi) is 11.5. The Morgan fingerprint density at radius 1 is 1.09 bits per heavy atom. The fourth-order valence-electron chi connectivity index (χ4n) is 9.78. The van der Waals surface area contributed by atoms with Gasteiger partial charge in [0.05, 0.1) is 26.4 Å². The number of aliphatic hydroxyl groups is 2. The quantitative estimate of drug-likeness (QED) is 0.256. The first-order chi connectivity index (χ1) is 25.1. The summed E-state index contributed by atoms with van der Waals surface area (Å²) >= 11 is 0. The van der Waals surface area contributed by atoms with Gasteiger partial charge in [0, 0.05) is 81.2 Å². The maximum absolute atomic E-state index is 14.2. The number of ether oxygens (including phenoxy) is 1. The Bertz CT molecular complexity index is 1650. The highest BCUT2D eigenvalue weighted by atomic mass is 16.7. The molecule has 53 heavy (non-hydrogen) atoms. The van der Waals surface area contributed by atoms with Crippen LogP contribution < -0.4 is 20.3 Å². The van der Waals surface area contributed by atoms with Crippen molar-refractivity contribution in [2.45, 2.75) is 96.8 Å². The van der Waals surface area contributed by atoms with Gasteiger partial charge in [0.1, 0.15) is 17.9 Å². The van der Waals surface area contributed by atoms with Crippen molar-refractivity contribution in [1.29, 1.82) is 0 Å². The predicted molar refractivity (Wildman–Crippen MR) is 206 cm³/mol. The minimum atomic E-state index is -0.894. The lowest BCUT2D eigenvalue weighted by molar-refractivity contribution is -0.183. The van der Waals surface area contributed by atoms with E-state index in [1.165, 1.54) is 6.42 Å². The molecule has 0 spiro atoms. The van der Waals surface area contributed by atoms with E-state index >= 15 is 0 Å². The maximum atomic E-state index is 14.2. The summed E-state index contributed by atoms with van der Waals surface area (Å²) in [4.78, 5) is 36.1. The number of fused-ring (bicyclic) bond motifs is 2. The molecule has 12 heteroatoms. The molecule has 2 saturated heterocycles. The smallest absolute Gasteiger partial charge is 0.251 e. The summed E-state index contributed by atoms with van der Waals surface area (Å²) in [7, 11) is 9.64. The average Bonchev–Trinajstić information content (AvgIpc) is 3.62. The molecule has 12 nitrogen and oxygen atoms in total. The van der Waals surface area contributed by atoms with Gasteiger partial charge in [-0.2, -0.15) is 5.06 Å². The molecule has 0 aromatic heterocycles. The number of rotatable bonds is 12. The third-order valence-electron chi connectivity index (χ3n) is 13.5. The highest BCUT2D eigenvalue weighted by molar-refractivity contribution is 5.97. The largest absolute Gasteiger partial charge is 0.496 e. The molecule has 2 heterocycles. The van der Waals surface area contributed by atoms with Crippen LogP contribution in [0.15, 0.2) is 36.4 Å². The summed E-state index contributed by atoms with van der Waals surface area (Å²) in [6.07, 6.45) is 1.47. The van der Waals surface area contributed by atoms with E-state index in [-0.39, 0.29) is 42.5 Å². The number of hydrazine groups is 1. The van der Waals surface area contributed by atoms with Crippen LogP contribution in [0, 0.1) is 29.1 Å². The molecule has 2 aromatic rings. The van der Waals surface area contributed by atoms with Crippen LogP contribution in [0.3, 0.4) is 0 Å². The normalized spacial score (nSPS) is 31.9. The van der Waals surface area contributed by atoms with Crippen LogP contribution in [0.2, 0.25) is 0 Å². The van der Waals surface area contributed by atoms with Gasteiger partial charge >= 0.3 is 0 Å². The summed E-state index contributed by atoms with van der Waals surface area (Å²) in [5.74, 6) is 1.08. The lowest BCUT2D eigenvalue weighted by Crippen LogP contribution is -2.62. The highest BCUT2D eigenvalue weighted by Crippen LogP contribution is 2.61. The lowest BCUT2D eigenvalue weighted by atomic mass is 9.45. The Hall–Kier alpha value is -3.26.